The normalized spacial score (nSPS) is 11.9. The van der Waals surface area contributed by atoms with E-state index < -0.39 is 6.04 Å². The minimum absolute atomic E-state index is 0.230. The first-order chi connectivity index (χ1) is 11.7. The zero-order chi connectivity index (χ0) is 16.9. The SMILES string of the molecule is O=C(NC(CO)c1ccc(Cl)cc1)c1cccc(-n2cccn2)n1. The highest BCUT2D eigenvalue weighted by Gasteiger charge is 2.16. The Balaban J connectivity index is 1.78. The lowest BCUT2D eigenvalue weighted by atomic mass is 10.1. The summed E-state index contributed by atoms with van der Waals surface area (Å²) in [5.41, 5.74) is 1.01. The number of pyridine rings is 1. The molecule has 1 unspecified atom stereocenters. The molecule has 122 valence electrons. The minimum Gasteiger partial charge on any atom is -0.394 e. The van der Waals surface area contributed by atoms with Crippen LogP contribution in [0.4, 0.5) is 0 Å². The lowest BCUT2D eigenvalue weighted by molar-refractivity contribution is 0.0911. The van der Waals surface area contributed by atoms with Gasteiger partial charge in [0.25, 0.3) is 5.91 Å². The molecule has 0 saturated carbocycles. The number of aliphatic hydroxyl groups is 1. The molecule has 0 aliphatic rings. The predicted molar refractivity (Wildman–Crippen MR) is 90.1 cm³/mol. The summed E-state index contributed by atoms with van der Waals surface area (Å²) in [5.74, 6) is 0.165. The van der Waals surface area contributed by atoms with Crippen molar-refractivity contribution in [2.45, 2.75) is 6.04 Å². The van der Waals surface area contributed by atoms with Gasteiger partial charge in [0.1, 0.15) is 5.69 Å². The average molecular weight is 343 g/mol. The van der Waals surface area contributed by atoms with E-state index in [2.05, 4.69) is 15.4 Å². The van der Waals surface area contributed by atoms with Crippen LogP contribution < -0.4 is 5.32 Å². The second-order valence-electron chi connectivity index (χ2n) is 5.09. The van der Waals surface area contributed by atoms with Gasteiger partial charge in [-0.05, 0) is 35.9 Å². The Hall–Kier alpha value is -2.70. The maximum atomic E-state index is 12.4. The number of rotatable bonds is 5. The maximum Gasteiger partial charge on any atom is 0.270 e. The van der Waals surface area contributed by atoms with E-state index in [1.165, 1.54) is 0 Å². The van der Waals surface area contributed by atoms with Crippen molar-refractivity contribution in [2.24, 2.45) is 0 Å². The van der Waals surface area contributed by atoms with Crippen LogP contribution in [0.2, 0.25) is 5.02 Å². The first-order valence-electron chi connectivity index (χ1n) is 7.31. The molecule has 0 fully saturated rings. The van der Waals surface area contributed by atoms with Gasteiger partial charge in [-0.25, -0.2) is 9.67 Å². The highest BCUT2D eigenvalue weighted by Crippen LogP contribution is 2.17. The van der Waals surface area contributed by atoms with Gasteiger partial charge < -0.3 is 10.4 Å². The highest BCUT2D eigenvalue weighted by atomic mass is 35.5. The first kappa shape index (κ1) is 16.2. The van der Waals surface area contributed by atoms with E-state index in [1.54, 1.807) is 65.6 Å². The van der Waals surface area contributed by atoms with Crippen LogP contribution in [0, 0.1) is 0 Å². The molecular formula is C17H15ClN4O2. The van der Waals surface area contributed by atoms with Gasteiger partial charge in [0.05, 0.1) is 12.6 Å². The second kappa shape index (κ2) is 7.25. The number of carbonyl (C=O) groups excluding carboxylic acids is 1. The zero-order valence-electron chi connectivity index (χ0n) is 12.6. The number of hydrogen-bond acceptors (Lipinski definition) is 4. The topological polar surface area (TPSA) is 80.0 Å². The Labute approximate surface area is 143 Å². The fourth-order valence-electron chi connectivity index (χ4n) is 2.24. The molecule has 2 aromatic heterocycles. The maximum absolute atomic E-state index is 12.4. The zero-order valence-corrected chi connectivity index (χ0v) is 13.4. The van der Waals surface area contributed by atoms with E-state index in [4.69, 9.17) is 11.6 Å². The van der Waals surface area contributed by atoms with Gasteiger partial charge in [0.2, 0.25) is 0 Å². The lowest BCUT2D eigenvalue weighted by Crippen LogP contribution is -2.31. The Bertz CT molecular complexity index is 819. The molecule has 6 nitrogen and oxygen atoms in total. The van der Waals surface area contributed by atoms with Crippen molar-refractivity contribution >= 4 is 17.5 Å². The molecule has 0 aliphatic heterocycles. The minimum atomic E-state index is -0.537. The third kappa shape index (κ3) is 3.61. The summed E-state index contributed by atoms with van der Waals surface area (Å²) in [6.45, 7) is -0.230. The Morgan fingerprint density at radius 3 is 2.67 bits per heavy atom. The van der Waals surface area contributed by atoms with Crippen LogP contribution in [-0.4, -0.2) is 32.4 Å². The molecule has 0 spiro atoms. The van der Waals surface area contributed by atoms with Gasteiger partial charge in [-0.15, -0.1) is 0 Å². The van der Waals surface area contributed by atoms with E-state index in [-0.39, 0.29) is 18.2 Å². The molecule has 3 aromatic rings. The van der Waals surface area contributed by atoms with E-state index in [0.717, 1.165) is 5.56 Å². The number of amides is 1. The Morgan fingerprint density at radius 1 is 1.21 bits per heavy atom. The molecule has 3 rings (SSSR count). The molecule has 1 aromatic carbocycles. The monoisotopic (exact) mass is 342 g/mol. The van der Waals surface area contributed by atoms with Gasteiger partial charge in [-0.2, -0.15) is 5.10 Å². The van der Waals surface area contributed by atoms with Crippen LogP contribution in [0.3, 0.4) is 0 Å². The lowest BCUT2D eigenvalue weighted by Gasteiger charge is -2.16. The van der Waals surface area contributed by atoms with Crippen molar-refractivity contribution in [1.29, 1.82) is 0 Å². The summed E-state index contributed by atoms with van der Waals surface area (Å²) in [4.78, 5) is 16.7. The van der Waals surface area contributed by atoms with Crippen LogP contribution in [-0.2, 0) is 0 Å². The molecule has 24 heavy (non-hydrogen) atoms. The summed E-state index contributed by atoms with van der Waals surface area (Å²) in [7, 11) is 0. The molecule has 0 saturated heterocycles. The largest absolute Gasteiger partial charge is 0.394 e. The summed E-state index contributed by atoms with van der Waals surface area (Å²) < 4.78 is 1.57. The van der Waals surface area contributed by atoms with Crippen LogP contribution in [0.25, 0.3) is 5.82 Å². The fraction of sp³-hybridized carbons (Fsp3) is 0.118. The van der Waals surface area contributed by atoms with Gasteiger partial charge in [-0.3, -0.25) is 4.79 Å². The number of hydrogen-bond donors (Lipinski definition) is 2. The number of carbonyl (C=O) groups is 1. The van der Waals surface area contributed by atoms with Gasteiger partial charge in [0, 0.05) is 17.4 Å². The molecule has 1 amide bonds. The van der Waals surface area contributed by atoms with E-state index in [9.17, 15) is 9.90 Å². The number of nitrogens with zero attached hydrogens (tertiary/aromatic N) is 3. The van der Waals surface area contributed by atoms with E-state index in [1.807, 2.05) is 0 Å². The Morgan fingerprint density at radius 2 is 2.00 bits per heavy atom. The van der Waals surface area contributed by atoms with Gasteiger partial charge >= 0.3 is 0 Å². The number of benzene rings is 1. The number of nitrogens with one attached hydrogen (secondary N) is 1. The molecule has 0 radical (unpaired) electrons. The van der Waals surface area contributed by atoms with Crippen molar-refractivity contribution in [3.63, 3.8) is 0 Å². The number of halogens is 1. The van der Waals surface area contributed by atoms with Crippen molar-refractivity contribution in [3.05, 3.63) is 77.2 Å². The van der Waals surface area contributed by atoms with Crippen molar-refractivity contribution < 1.29 is 9.90 Å². The Kier molecular flexibility index (Phi) is 4.88. The summed E-state index contributed by atoms with van der Waals surface area (Å²) >= 11 is 5.86. The van der Waals surface area contributed by atoms with Crippen molar-refractivity contribution in [2.75, 3.05) is 6.61 Å². The molecule has 2 N–H and O–H groups in total. The van der Waals surface area contributed by atoms with Crippen LogP contribution in [0.1, 0.15) is 22.1 Å². The standard InChI is InChI=1S/C17H15ClN4O2/c18-13-7-5-12(6-8-13)15(11-23)21-17(24)14-3-1-4-16(20-14)22-10-2-9-19-22/h1-10,15,23H,11H2,(H,21,24). The quantitative estimate of drug-likeness (QED) is 0.746. The van der Waals surface area contributed by atoms with Crippen LogP contribution in [0.15, 0.2) is 60.9 Å². The van der Waals surface area contributed by atoms with Crippen LogP contribution >= 0.6 is 11.6 Å². The number of aliphatic hydroxyl groups excluding tert-OH is 1. The average Bonchev–Trinajstić information content (AvgIpc) is 3.15. The van der Waals surface area contributed by atoms with Gasteiger partial charge in [-0.1, -0.05) is 29.8 Å². The van der Waals surface area contributed by atoms with Crippen molar-refractivity contribution in [1.82, 2.24) is 20.1 Å². The predicted octanol–water partition coefficient (Wildman–Crippen LogP) is 2.38. The van der Waals surface area contributed by atoms with Crippen LogP contribution in [0.5, 0.6) is 0 Å². The molecule has 0 bridgehead atoms. The molecular weight excluding hydrogens is 328 g/mol. The molecule has 2 heterocycles. The summed E-state index contributed by atoms with van der Waals surface area (Å²) in [6, 6.07) is 13.3. The summed E-state index contributed by atoms with van der Waals surface area (Å²) in [6.07, 6.45) is 3.38. The smallest absolute Gasteiger partial charge is 0.270 e. The molecule has 7 heteroatoms. The van der Waals surface area contributed by atoms with Crippen molar-refractivity contribution in [3.8, 4) is 5.82 Å². The summed E-state index contributed by atoms with van der Waals surface area (Å²) in [5, 5.41) is 17.0. The highest BCUT2D eigenvalue weighted by molar-refractivity contribution is 6.30. The molecule has 0 aliphatic carbocycles. The third-order valence-corrected chi connectivity index (χ3v) is 3.72. The van der Waals surface area contributed by atoms with Gasteiger partial charge in [0.15, 0.2) is 5.82 Å². The first-order valence-corrected chi connectivity index (χ1v) is 7.69. The number of aromatic nitrogens is 3. The van der Waals surface area contributed by atoms with E-state index >= 15 is 0 Å². The second-order valence-corrected chi connectivity index (χ2v) is 5.53. The molecule has 1 atom stereocenters. The van der Waals surface area contributed by atoms with E-state index in [0.29, 0.717) is 10.8 Å². The third-order valence-electron chi connectivity index (χ3n) is 3.47. The fourth-order valence-corrected chi connectivity index (χ4v) is 2.37.